The highest BCUT2D eigenvalue weighted by molar-refractivity contribution is 6.07. The number of carbonyl (C=O) groups is 1. The first-order valence-corrected chi connectivity index (χ1v) is 6.99. The van der Waals surface area contributed by atoms with Gasteiger partial charge in [0.25, 0.3) is 0 Å². The van der Waals surface area contributed by atoms with Crippen molar-refractivity contribution in [3.8, 4) is 5.75 Å². The highest BCUT2D eigenvalue weighted by atomic mass is 16.5. The molecule has 0 radical (unpaired) electrons. The molecular formula is C18H16O3. The lowest BCUT2D eigenvalue weighted by molar-refractivity contribution is 0.0922. The summed E-state index contributed by atoms with van der Waals surface area (Å²) in [6.45, 7) is 2.10. The number of para-hydroxylation sites is 1. The Morgan fingerprint density at radius 2 is 2.00 bits per heavy atom. The minimum absolute atomic E-state index is 0.0106. The fourth-order valence-electron chi connectivity index (χ4n) is 2.28. The molecule has 106 valence electrons. The quantitative estimate of drug-likeness (QED) is 0.656. The number of hydrogen-bond donors (Lipinski definition) is 0. The number of hydrogen-bond acceptors (Lipinski definition) is 3. The summed E-state index contributed by atoms with van der Waals surface area (Å²) in [5, 5.41) is 0.827. The molecule has 0 saturated heterocycles. The fraction of sp³-hybridized carbons (Fsp3) is 0.167. The van der Waals surface area contributed by atoms with Crippen molar-refractivity contribution in [2.24, 2.45) is 0 Å². The van der Waals surface area contributed by atoms with Gasteiger partial charge in [0.1, 0.15) is 17.6 Å². The summed E-state index contributed by atoms with van der Waals surface area (Å²) in [4.78, 5) is 12.3. The van der Waals surface area contributed by atoms with E-state index < -0.39 is 0 Å². The van der Waals surface area contributed by atoms with E-state index in [1.807, 2.05) is 48.5 Å². The summed E-state index contributed by atoms with van der Waals surface area (Å²) in [5.74, 6) is 0.636. The molecule has 0 aliphatic carbocycles. The van der Waals surface area contributed by atoms with E-state index >= 15 is 0 Å². The van der Waals surface area contributed by atoms with Crippen molar-refractivity contribution in [3.05, 3.63) is 65.9 Å². The summed E-state index contributed by atoms with van der Waals surface area (Å²) in [6, 6.07) is 15.3. The summed E-state index contributed by atoms with van der Waals surface area (Å²) in [6.07, 6.45) is 2.44. The van der Waals surface area contributed by atoms with Gasteiger partial charge < -0.3 is 9.15 Å². The summed E-state index contributed by atoms with van der Waals surface area (Å²) in [5.41, 5.74) is 2.47. The molecule has 0 amide bonds. The Hall–Kier alpha value is -2.55. The Bertz CT molecular complexity index is 771. The maximum Gasteiger partial charge on any atom is 0.204 e. The third-order valence-electron chi connectivity index (χ3n) is 3.46. The van der Waals surface area contributed by atoms with Crippen LogP contribution in [0.3, 0.4) is 0 Å². The number of carbonyl (C=O) groups excluding carboxylic acids is 1. The first kappa shape index (κ1) is 13.4. The Balaban J connectivity index is 1.74. The lowest BCUT2D eigenvalue weighted by Crippen LogP contribution is -2.11. The largest absolute Gasteiger partial charge is 0.485 e. The molecule has 0 atom stereocenters. The van der Waals surface area contributed by atoms with Crippen molar-refractivity contribution in [2.45, 2.75) is 13.3 Å². The SMILES string of the molecule is CCc1cccc(OCC(=O)c2coc3ccccc23)c1. The van der Waals surface area contributed by atoms with E-state index in [4.69, 9.17) is 9.15 Å². The summed E-state index contributed by atoms with van der Waals surface area (Å²) in [7, 11) is 0. The van der Waals surface area contributed by atoms with Crippen LogP contribution in [0.5, 0.6) is 5.75 Å². The number of ketones is 1. The fourth-order valence-corrected chi connectivity index (χ4v) is 2.28. The zero-order valence-corrected chi connectivity index (χ0v) is 11.8. The van der Waals surface area contributed by atoms with Gasteiger partial charge in [0, 0.05) is 5.39 Å². The second-order valence-electron chi connectivity index (χ2n) is 4.86. The van der Waals surface area contributed by atoms with Crippen LogP contribution in [0.25, 0.3) is 11.0 Å². The molecule has 0 fully saturated rings. The van der Waals surface area contributed by atoms with Crippen molar-refractivity contribution in [1.82, 2.24) is 0 Å². The van der Waals surface area contributed by atoms with Crippen LogP contribution in [-0.2, 0) is 6.42 Å². The Morgan fingerprint density at radius 1 is 1.14 bits per heavy atom. The predicted octanol–water partition coefficient (Wildman–Crippen LogP) is 4.26. The lowest BCUT2D eigenvalue weighted by Gasteiger charge is -2.06. The number of rotatable bonds is 5. The highest BCUT2D eigenvalue weighted by Crippen LogP contribution is 2.21. The van der Waals surface area contributed by atoms with Gasteiger partial charge in [-0.25, -0.2) is 0 Å². The molecule has 1 aromatic heterocycles. The number of aryl methyl sites for hydroxylation is 1. The molecule has 0 aliphatic heterocycles. The maximum absolute atomic E-state index is 12.3. The molecule has 0 bridgehead atoms. The number of Topliss-reactive ketones (excluding diaryl/α,β-unsaturated/α-hetero) is 1. The molecule has 0 saturated carbocycles. The molecule has 3 nitrogen and oxygen atoms in total. The molecule has 0 aliphatic rings. The van der Waals surface area contributed by atoms with Gasteiger partial charge in [0.15, 0.2) is 6.61 Å². The van der Waals surface area contributed by atoms with Crippen molar-refractivity contribution < 1.29 is 13.9 Å². The molecule has 2 aromatic carbocycles. The van der Waals surface area contributed by atoms with Gasteiger partial charge >= 0.3 is 0 Å². The zero-order chi connectivity index (χ0) is 14.7. The van der Waals surface area contributed by atoms with E-state index in [1.54, 1.807) is 0 Å². The molecule has 21 heavy (non-hydrogen) atoms. The van der Waals surface area contributed by atoms with Crippen LogP contribution in [0.4, 0.5) is 0 Å². The third-order valence-corrected chi connectivity index (χ3v) is 3.46. The second kappa shape index (κ2) is 5.83. The van der Waals surface area contributed by atoms with E-state index in [2.05, 4.69) is 6.92 Å². The van der Waals surface area contributed by atoms with Gasteiger partial charge in [-0.15, -0.1) is 0 Å². The predicted molar refractivity (Wildman–Crippen MR) is 81.9 cm³/mol. The van der Waals surface area contributed by atoms with Gasteiger partial charge in [-0.3, -0.25) is 4.79 Å². The first-order valence-electron chi connectivity index (χ1n) is 6.99. The smallest absolute Gasteiger partial charge is 0.204 e. The number of benzene rings is 2. The van der Waals surface area contributed by atoms with E-state index in [0.717, 1.165) is 17.6 Å². The third kappa shape index (κ3) is 2.82. The molecule has 3 heteroatoms. The van der Waals surface area contributed by atoms with Crippen LogP contribution in [0.15, 0.2) is 59.2 Å². The summed E-state index contributed by atoms with van der Waals surface area (Å²) >= 11 is 0. The van der Waals surface area contributed by atoms with E-state index in [9.17, 15) is 4.79 Å². The average Bonchev–Trinajstić information content (AvgIpc) is 2.97. The molecule has 1 heterocycles. The van der Waals surface area contributed by atoms with E-state index in [0.29, 0.717) is 11.1 Å². The zero-order valence-electron chi connectivity index (χ0n) is 11.8. The minimum Gasteiger partial charge on any atom is -0.485 e. The first-order chi connectivity index (χ1) is 10.3. The Kier molecular flexibility index (Phi) is 3.73. The van der Waals surface area contributed by atoms with Gasteiger partial charge in [0.05, 0.1) is 5.56 Å². The number of fused-ring (bicyclic) bond motifs is 1. The molecular weight excluding hydrogens is 264 g/mol. The maximum atomic E-state index is 12.3. The van der Waals surface area contributed by atoms with Gasteiger partial charge in [-0.05, 0) is 30.2 Å². The van der Waals surface area contributed by atoms with Crippen molar-refractivity contribution >= 4 is 16.8 Å². The normalized spacial score (nSPS) is 10.7. The highest BCUT2D eigenvalue weighted by Gasteiger charge is 2.14. The van der Waals surface area contributed by atoms with Crippen LogP contribution in [-0.4, -0.2) is 12.4 Å². The van der Waals surface area contributed by atoms with E-state index in [-0.39, 0.29) is 12.4 Å². The topological polar surface area (TPSA) is 39.4 Å². The van der Waals surface area contributed by atoms with Crippen molar-refractivity contribution in [3.63, 3.8) is 0 Å². The molecule has 0 N–H and O–H groups in total. The molecule has 0 unspecified atom stereocenters. The van der Waals surface area contributed by atoms with Crippen LogP contribution in [0.1, 0.15) is 22.8 Å². The Morgan fingerprint density at radius 3 is 2.86 bits per heavy atom. The van der Waals surface area contributed by atoms with Crippen LogP contribution < -0.4 is 4.74 Å². The summed E-state index contributed by atoms with van der Waals surface area (Å²) < 4.78 is 11.0. The van der Waals surface area contributed by atoms with Crippen LogP contribution >= 0.6 is 0 Å². The molecule has 3 rings (SSSR count). The standard InChI is InChI=1S/C18H16O3/c1-2-13-6-5-7-14(10-13)20-12-17(19)16-11-21-18-9-4-3-8-15(16)18/h3-11H,2,12H2,1H3. The minimum atomic E-state index is -0.0816. The van der Waals surface area contributed by atoms with Gasteiger partial charge in [-0.1, -0.05) is 37.3 Å². The van der Waals surface area contributed by atoms with Gasteiger partial charge in [0.2, 0.25) is 5.78 Å². The van der Waals surface area contributed by atoms with Crippen LogP contribution in [0, 0.1) is 0 Å². The van der Waals surface area contributed by atoms with Gasteiger partial charge in [-0.2, -0.15) is 0 Å². The monoisotopic (exact) mass is 280 g/mol. The second-order valence-corrected chi connectivity index (χ2v) is 4.86. The average molecular weight is 280 g/mol. The lowest BCUT2D eigenvalue weighted by atomic mass is 10.1. The number of furan rings is 1. The Labute approximate surface area is 123 Å². The van der Waals surface area contributed by atoms with Crippen molar-refractivity contribution in [2.75, 3.05) is 6.61 Å². The van der Waals surface area contributed by atoms with Crippen LogP contribution in [0.2, 0.25) is 0 Å². The van der Waals surface area contributed by atoms with Crippen molar-refractivity contribution in [1.29, 1.82) is 0 Å². The molecule has 3 aromatic rings. The van der Waals surface area contributed by atoms with E-state index in [1.165, 1.54) is 11.8 Å². The number of ether oxygens (including phenoxy) is 1. The molecule has 0 spiro atoms.